The van der Waals surface area contributed by atoms with Crippen molar-refractivity contribution in [3.8, 4) is 0 Å². The standard InChI is InChI=1S/C15H16O3S2/c1-20(17,18)15-5-3-2-4-14(15)19-11-13-8-6-12(10-16)7-9-13/h2-9,16H,10-11H2,1H3. The summed E-state index contributed by atoms with van der Waals surface area (Å²) in [5.74, 6) is 0.693. The third kappa shape index (κ3) is 3.85. The highest BCUT2D eigenvalue weighted by molar-refractivity contribution is 7.99. The van der Waals surface area contributed by atoms with Crippen molar-refractivity contribution in [2.75, 3.05) is 6.26 Å². The van der Waals surface area contributed by atoms with Crippen LogP contribution in [0.2, 0.25) is 0 Å². The molecule has 5 heteroatoms. The van der Waals surface area contributed by atoms with E-state index in [1.807, 2.05) is 36.4 Å². The largest absolute Gasteiger partial charge is 0.392 e. The molecule has 0 saturated carbocycles. The SMILES string of the molecule is CS(=O)(=O)c1ccccc1SCc1ccc(CO)cc1. The Morgan fingerprint density at radius 1 is 1.00 bits per heavy atom. The van der Waals surface area contributed by atoms with Crippen LogP contribution in [-0.4, -0.2) is 19.8 Å². The number of hydrogen-bond donors (Lipinski definition) is 1. The van der Waals surface area contributed by atoms with Crippen molar-refractivity contribution < 1.29 is 13.5 Å². The molecule has 0 atom stereocenters. The van der Waals surface area contributed by atoms with Gasteiger partial charge in [-0.25, -0.2) is 8.42 Å². The molecular weight excluding hydrogens is 292 g/mol. The topological polar surface area (TPSA) is 54.4 Å². The molecule has 0 bridgehead atoms. The van der Waals surface area contributed by atoms with E-state index >= 15 is 0 Å². The second kappa shape index (κ2) is 6.43. The van der Waals surface area contributed by atoms with Crippen molar-refractivity contribution in [2.45, 2.75) is 22.2 Å². The Bertz CT molecular complexity index is 677. The molecule has 0 aliphatic heterocycles. The first-order chi connectivity index (χ1) is 9.50. The Morgan fingerprint density at radius 3 is 2.20 bits per heavy atom. The minimum absolute atomic E-state index is 0.0321. The highest BCUT2D eigenvalue weighted by atomic mass is 32.2. The summed E-state index contributed by atoms with van der Waals surface area (Å²) >= 11 is 1.50. The van der Waals surface area contributed by atoms with Crippen LogP contribution in [-0.2, 0) is 22.2 Å². The molecule has 0 saturated heterocycles. The zero-order valence-corrected chi connectivity index (χ0v) is 12.7. The van der Waals surface area contributed by atoms with Gasteiger partial charge in [-0.2, -0.15) is 0 Å². The van der Waals surface area contributed by atoms with Crippen LogP contribution in [0.15, 0.2) is 58.3 Å². The van der Waals surface area contributed by atoms with E-state index in [-0.39, 0.29) is 6.61 Å². The van der Waals surface area contributed by atoms with Crippen LogP contribution in [0.5, 0.6) is 0 Å². The maximum absolute atomic E-state index is 11.7. The minimum atomic E-state index is -3.20. The fourth-order valence-corrected chi connectivity index (χ4v) is 4.07. The normalized spacial score (nSPS) is 11.5. The molecule has 0 amide bonds. The third-order valence-corrected chi connectivity index (χ3v) is 5.28. The highest BCUT2D eigenvalue weighted by Gasteiger charge is 2.12. The third-order valence-electron chi connectivity index (χ3n) is 2.85. The van der Waals surface area contributed by atoms with E-state index in [1.54, 1.807) is 12.1 Å². The molecule has 2 aromatic rings. The Morgan fingerprint density at radius 2 is 1.60 bits per heavy atom. The van der Waals surface area contributed by atoms with E-state index in [9.17, 15) is 8.42 Å². The lowest BCUT2D eigenvalue weighted by Crippen LogP contribution is -1.99. The van der Waals surface area contributed by atoms with E-state index in [0.29, 0.717) is 10.6 Å². The van der Waals surface area contributed by atoms with Crippen molar-refractivity contribution in [1.82, 2.24) is 0 Å². The lowest BCUT2D eigenvalue weighted by molar-refractivity contribution is 0.282. The fourth-order valence-electron chi connectivity index (χ4n) is 1.78. The van der Waals surface area contributed by atoms with E-state index < -0.39 is 9.84 Å². The van der Waals surface area contributed by atoms with Gasteiger partial charge < -0.3 is 5.11 Å². The van der Waals surface area contributed by atoms with Crippen LogP contribution in [0, 0.1) is 0 Å². The number of hydrogen-bond acceptors (Lipinski definition) is 4. The number of aliphatic hydroxyl groups excluding tert-OH is 1. The molecule has 0 aliphatic carbocycles. The van der Waals surface area contributed by atoms with Gasteiger partial charge in [0.15, 0.2) is 9.84 Å². The summed E-state index contributed by atoms with van der Waals surface area (Å²) in [5.41, 5.74) is 1.96. The average Bonchev–Trinajstić information content (AvgIpc) is 2.45. The quantitative estimate of drug-likeness (QED) is 0.863. The molecule has 0 heterocycles. The van der Waals surface area contributed by atoms with E-state index in [0.717, 1.165) is 16.0 Å². The first-order valence-corrected chi connectivity index (χ1v) is 8.99. The van der Waals surface area contributed by atoms with Crippen molar-refractivity contribution >= 4 is 21.6 Å². The Balaban J connectivity index is 2.15. The van der Waals surface area contributed by atoms with Crippen LogP contribution in [0.1, 0.15) is 11.1 Å². The van der Waals surface area contributed by atoms with Crippen molar-refractivity contribution in [1.29, 1.82) is 0 Å². The van der Waals surface area contributed by atoms with Gasteiger partial charge in [-0.1, -0.05) is 36.4 Å². The molecular formula is C15H16O3S2. The van der Waals surface area contributed by atoms with Gasteiger partial charge in [0.25, 0.3) is 0 Å². The number of aliphatic hydroxyl groups is 1. The van der Waals surface area contributed by atoms with Crippen LogP contribution < -0.4 is 0 Å². The van der Waals surface area contributed by atoms with Crippen LogP contribution in [0.4, 0.5) is 0 Å². The molecule has 106 valence electrons. The van der Waals surface area contributed by atoms with Crippen molar-refractivity contribution in [2.24, 2.45) is 0 Å². The summed E-state index contributed by atoms with van der Waals surface area (Å²) in [4.78, 5) is 1.14. The number of benzene rings is 2. The Labute approximate surface area is 123 Å². The summed E-state index contributed by atoms with van der Waals surface area (Å²) in [5, 5.41) is 8.99. The summed E-state index contributed by atoms with van der Waals surface area (Å²) in [6.45, 7) is 0.0321. The van der Waals surface area contributed by atoms with Gasteiger partial charge in [-0.3, -0.25) is 0 Å². The molecule has 0 fully saturated rings. The van der Waals surface area contributed by atoms with Gasteiger partial charge in [0.05, 0.1) is 11.5 Å². The molecule has 0 aromatic heterocycles. The monoisotopic (exact) mass is 308 g/mol. The van der Waals surface area contributed by atoms with Crippen LogP contribution in [0.25, 0.3) is 0 Å². The van der Waals surface area contributed by atoms with Gasteiger partial charge in [-0.05, 0) is 23.3 Å². The minimum Gasteiger partial charge on any atom is -0.392 e. The zero-order valence-electron chi connectivity index (χ0n) is 11.1. The second-order valence-electron chi connectivity index (χ2n) is 4.48. The van der Waals surface area contributed by atoms with Gasteiger partial charge >= 0.3 is 0 Å². The summed E-state index contributed by atoms with van der Waals surface area (Å²) in [6, 6.07) is 14.7. The second-order valence-corrected chi connectivity index (χ2v) is 7.48. The zero-order chi connectivity index (χ0) is 14.6. The Hall–Kier alpha value is -1.30. The molecule has 0 spiro atoms. The number of rotatable bonds is 5. The van der Waals surface area contributed by atoms with Gasteiger partial charge in [0.1, 0.15) is 0 Å². The van der Waals surface area contributed by atoms with Crippen molar-refractivity contribution in [3.05, 3.63) is 59.7 Å². The first kappa shape index (κ1) is 15.1. The van der Waals surface area contributed by atoms with E-state index in [4.69, 9.17) is 5.11 Å². The lowest BCUT2D eigenvalue weighted by Gasteiger charge is -2.07. The van der Waals surface area contributed by atoms with E-state index in [2.05, 4.69) is 0 Å². The molecule has 0 unspecified atom stereocenters. The molecule has 2 aromatic carbocycles. The highest BCUT2D eigenvalue weighted by Crippen LogP contribution is 2.29. The summed E-state index contributed by atoms with van der Waals surface area (Å²) < 4.78 is 23.4. The molecule has 20 heavy (non-hydrogen) atoms. The maximum Gasteiger partial charge on any atom is 0.176 e. The average molecular weight is 308 g/mol. The number of sulfone groups is 1. The predicted octanol–water partition coefficient (Wildman–Crippen LogP) is 2.87. The molecule has 0 radical (unpaired) electrons. The van der Waals surface area contributed by atoms with E-state index in [1.165, 1.54) is 18.0 Å². The van der Waals surface area contributed by atoms with Gasteiger partial charge in [-0.15, -0.1) is 11.8 Å². The fraction of sp³-hybridized carbons (Fsp3) is 0.200. The molecule has 1 N–H and O–H groups in total. The number of thioether (sulfide) groups is 1. The van der Waals surface area contributed by atoms with Crippen molar-refractivity contribution in [3.63, 3.8) is 0 Å². The van der Waals surface area contributed by atoms with Crippen LogP contribution >= 0.6 is 11.8 Å². The first-order valence-electron chi connectivity index (χ1n) is 6.11. The smallest absolute Gasteiger partial charge is 0.176 e. The van der Waals surface area contributed by atoms with Gasteiger partial charge in [0, 0.05) is 16.9 Å². The van der Waals surface area contributed by atoms with Crippen LogP contribution in [0.3, 0.4) is 0 Å². The molecule has 3 nitrogen and oxygen atoms in total. The molecule has 0 aliphatic rings. The molecule has 2 rings (SSSR count). The predicted molar refractivity (Wildman–Crippen MR) is 81.5 cm³/mol. The maximum atomic E-state index is 11.7. The summed E-state index contributed by atoms with van der Waals surface area (Å²) in [6.07, 6.45) is 1.22. The Kier molecular flexibility index (Phi) is 4.86. The van der Waals surface area contributed by atoms with Gasteiger partial charge in [0.2, 0.25) is 0 Å². The summed E-state index contributed by atoms with van der Waals surface area (Å²) in [7, 11) is -3.20. The lowest BCUT2D eigenvalue weighted by atomic mass is 10.2.